The molecule has 2 fully saturated rings. The third kappa shape index (κ3) is 1.36. The average Bonchev–Trinajstić information content (AvgIpc) is 1.88. The monoisotopic (exact) mass is 210 g/mol. The zero-order chi connectivity index (χ0) is 8.77. The number of hydrogen-bond donors (Lipinski definition) is 0. The van der Waals surface area contributed by atoms with E-state index in [1.165, 1.54) is 0 Å². The summed E-state index contributed by atoms with van der Waals surface area (Å²) < 4.78 is 27.3. The highest BCUT2D eigenvalue weighted by Crippen LogP contribution is 2.42. The Morgan fingerprint density at radius 3 is 2.75 bits per heavy atom. The quantitative estimate of drug-likeness (QED) is 0.610. The van der Waals surface area contributed by atoms with Crippen molar-refractivity contribution in [3.63, 3.8) is 0 Å². The van der Waals surface area contributed by atoms with Gasteiger partial charge in [0, 0.05) is 23.2 Å². The number of fused-ring (bicyclic) bond motifs is 1. The smallest absolute Gasteiger partial charge is 0.235 e. The Bertz CT molecular complexity index is 274. The number of ether oxygens (including phenoxy) is 1. The second-order valence-corrected chi connectivity index (χ2v) is 6.31. The molecular weight excluding hydrogens is 200 g/mol. The van der Waals surface area contributed by atoms with Crippen LogP contribution in [0.1, 0.15) is 19.3 Å². The second kappa shape index (κ2) is 2.86. The van der Waals surface area contributed by atoms with Crippen molar-refractivity contribution < 1.29 is 13.2 Å². The second-order valence-electron chi connectivity index (χ2n) is 3.47. The number of halogens is 1. The topological polar surface area (TPSA) is 43.4 Å². The van der Waals surface area contributed by atoms with E-state index in [2.05, 4.69) is 0 Å². The van der Waals surface area contributed by atoms with Crippen LogP contribution in [0.4, 0.5) is 0 Å². The predicted molar refractivity (Wildman–Crippen MR) is 45.6 cm³/mol. The minimum absolute atomic E-state index is 0.164. The molecule has 2 rings (SSSR count). The first-order chi connectivity index (χ1) is 5.59. The predicted octanol–water partition coefficient (Wildman–Crippen LogP) is 1.12. The van der Waals surface area contributed by atoms with Crippen molar-refractivity contribution in [2.75, 3.05) is 6.61 Å². The third-order valence-electron chi connectivity index (χ3n) is 2.80. The fraction of sp³-hybridized carbons (Fsp3) is 1.00. The zero-order valence-corrected chi connectivity index (χ0v) is 8.14. The number of hydrogen-bond acceptors (Lipinski definition) is 3. The summed E-state index contributed by atoms with van der Waals surface area (Å²) in [6, 6.07) is 0. The summed E-state index contributed by atoms with van der Waals surface area (Å²) in [7, 11) is 1.93. The molecule has 0 aromatic rings. The zero-order valence-electron chi connectivity index (χ0n) is 6.57. The standard InChI is InChI=1S/C7H11ClO3S/c8-12(9,10)7-4-6-5(7)2-1-3-11-6/h5-7H,1-4H2/t5-,6-,7?/m0/s1. The van der Waals surface area contributed by atoms with Crippen molar-refractivity contribution >= 4 is 19.7 Å². The number of rotatable bonds is 1. The van der Waals surface area contributed by atoms with Crippen molar-refractivity contribution in [3.8, 4) is 0 Å². The summed E-state index contributed by atoms with van der Waals surface area (Å²) >= 11 is 0. The molecule has 0 spiro atoms. The van der Waals surface area contributed by atoms with Gasteiger partial charge in [-0.05, 0) is 19.3 Å². The highest BCUT2D eigenvalue weighted by molar-refractivity contribution is 8.14. The first-order valence-electron chi connectivity index (χ1n) is 4.14. The molecule has 0 N–H and O–H groups in total. The Kier molecular flexibility index (Phi) is 2.09. The van der Waals surface area contributed by atoms with Crippen LogP contribution >= 0.6 is 10.7 Å². The molecule has 2 aliphatic rings. The maximum atomic E-state index is 11.0. The average molecular weight is 211 g/mol. The molecule has 1 saturated carbocycles. The van der Waals surface area contributed by atoms with Crippen molar-refractivity contribution in [3.05, 3.63) is 0 Å². The van der Waals surface area contributed by atoms with E-state index in [1.54, 1.807) is 0 Å². The Morgan fingerprint density at radius 2 is 2.17 bits per heavy atom. The minimum Gasteiger partial charge on any atom is -0.378 e. The molecule has 0 aromatic carbocycles. The van der Waals surface area contributed by atoms with Gasteiger partial charge in [-0.25, -0.2) is 8.42 Å². The summed E-state index contributed by atoms with van der Waals surface area (Å²) in [6.07, 6.45) is 2.67. The molecule has 3 atom stereocenters. The molecule has 1 saturated heterocycles. The van der Waals surface area contributed by atoms with Gasteiger partial charge in [-0.15, -0.1) is 0 Å². The van der Waals surface area contributed by atoms with Crippen LogP contribution < -0.4 is 0 Å². The first-order valence-corrected chi connectivity index (χ1v) is 6.51. The Labute approximate surface area is 76.5 Å². The largest absolute Gasteiger partial charge is 0.378 e. The maximum absolute atomic E-state index is 11.0. The van der Waals surface area contributed by atoms with E-state index >= 15 is 0 Å². The van der Waals surface area contributed by atoms with Crippen LogP contribution in [0, 0.1) is 5.92 Å². The van der Waals surface area contributed by atoms with E-state index in [-0.39, 0.29) is 17.3 Å². The maximum Gasteiger partial charge on any atom is 0.235 e. The van der Waals surface area contributed by atoms with Crippen LogP contribution in [0.5, 0.6) is 0 Å². The molecule has 1 heterocycles. The van der Waals surface area contributed by atoms with E-state index in [0.29, 0.717) is 6.42 Å². The van der Waals surface area contributed by atoms with E-state index in [9.17, 15) is 8.42 Å². The minimum atomic E-state index is -3.34. The van der Waals surface area contributed by atoms with Crippen molar-refractivity contribution in [1.82, 2.24) is 0 Å². The lowest BCUT2D eigenvalue weighted by Crippen LogP contribution is -2.52. The van der Waals surface area contributed by atoms with Gasteiger partial charge in [0.25, 0.3) is 0 Å². The molecule has 1 aliphatic carbocycles. The van der Waals surface area contributed by atoms with Crippen LogP contribution in [0.3, 0.4) is 0 Å². The summed E-state index contributed by atoms with van der Waals surface area (Å²) in [5.74, 6) is 0.168. The van der Waals surface area contributed by atoms with E-state index < -0.39 is 9.05 Å². The van der Waals surface area contributed by atoms with Gasteiger partial charge in [-0.3, -0.25) is 0 Å². The highest BCUT2D eigenvalue weighted by atomic mass is 35.7. The molecule has 3 nitrogen and oxygen atoms in total. The van der Waals surface area contributed by atoms with E-state index in [4.69, 9.17) is 15.4 Å². The fourth-order valence-electron chi connectivity index (χ4n) is 2.06. The summed E-state index contributed by atoms with van der Waals surface area (Å²) in [4.78, 5) is 0. The summed E-state index contributed by atoms with van der Waals surface area (Å²) in [5.41, 5.74) is 0. The van der Waals surface area contributed by atoms with Gasteiger partial charge in [-0.1, -0.05) is 0 Å². The molecular formula is C7H11ClO3S. The Morgan fingerprint density at radius 1 is 1.42 bits per heavy atom. The molecule has 1 unspecified atom stereocenters. The SMILES string of the molecule is O=S(=O)(Cl)C1C[C@@H]2OCCC[C@H]12. The normalized spacial score (nSPS) is 41.6. The highest BCUT2D eigenvalue weighted by Gasteiger charge is 2.49. The van der Waals surface area contributed by atoms with E-state index in [0.717, 1.165) is 19.4 Å². The molecule has 0 radical (unpaired) electrons. The Hall–Kier alpha value is 0.200. The van der Waals surface area contributed by atoms with Gasteiger partial charge in [0.05, 0.1) is 11.4 Å². The van der Waals surface area contributed by atoms with Crippen LogP contribution in [0.15, 0.2) is 0 Å². The third-order valence-corrected chi connectivity index (χ3v) is 4.75. The molecule has 0 amide bonds. The van der Waals surface area contributed by atoms with Crippen molar-refractivity contribution in [2.24, 2.45) is 5.92 Å². The van der Waals surface area contributed by atoms with Crippen molar-refractivity contribution in [1.29, 1.82) is 0 Å². The van der Waals surface area contributed by atoms with Crippen LogP contribution in [-0.2, 0) is 13.8 Å². The van der Waals surface area contributed by atoms with Gasteiger partial charge in [0.2, 0.25) is 9.05 Å². The molecule has 1 aliphatic heterocycles. The van der Waals surface area contributed by atoms with Gasteiger partial charge < -0.3 is 4.74 Å². The van der Waals surface area contributed by atoms with Crippen molar-refractivity contribution in [2.45, 2.75) is 30.6 Å². The van der Waals surface area contributed by atoms with E-state index in [1.807, 2.05) is 0 Å². The van der Waals surface area contributed by atoms with Gasteiger partial charge in [0.15, 0.2) is 0 Å². The summed E-state index contributed by atoms with van der Waals surface area (Å²) in [6.45, 7) is 0.774. The first kappa shape index (κ1) is 8.78. The van der Waals surface area contributed by atoms with Crippen LogP contribution in [0.2, 0.25) is 0 Å². The molecule has 0 aromatic heterocycles. The van der Waals surface area contributed by atoms with Gasteiger partial charge in [-0.2, -0.15) is 0 Å². The fourth-order valence-corrected chi connectivity index (χ4v) is 3.83. The Balaban J connectivity index is 2.06. The molecule has 70 valence electrons. The lowest BCUT2D eigenvalue weighted by atomic mass is 9.77. The lowest BCUT2D eigenvalue weighted by molar-refractivity contribution is -0.0786. The van der Waals surface area contributed by atoms with Gasteiger partial charge >= 0.3 is 0 Å². The molecule has 0 bridgehead atoms. The van der Waals surface area contributed by atoms with Crippen LogP contribution in [-0.4, -0.2) is 26.4 Å². The lowest BCUT2D eigenvalue weighted by Gasteiger charge is -2.45. The summed E-state index contributed by atoms with van der Waals surface area (Å²) in [5, 5.41) is -0.343. The van der Waals surface area contributed by atoms with Crippen LogP contribution in [0.25, 0.3) is 0 Å². The molecule has 12 heavy (non-hydrogen) atoms. The molecule has 5 heteroatoms. The van der Waals surface area contributed by atoms with Gasteiger partial charge in [0.1, 0.15) is 0 Å².